The van der Waals surface area contributed by atoms with Gasteiger partial charge < -0.3 is 13.7 Å². The molecule has 0 radical (unpaired) electrons. The van der Waals surface area contributed by atoms with E-state index in [9.17, 15) is 5.26 Å². The van der Waals surface area contributed by atoms with Gasteiger partial charge in [-0.05, 0) is 60.7 Å². The summed E-state index contributed by atoms with van der Waals surface area (Å²) < 4.78 is 9.32. The number of nitriles is 1. The number of para-hydroxylation sites is 8. The maximum absolute atomic E-state index is 11.4. The molecule has 14 aromatic rings. The normalized spacial score (nSPS) is 11.9. The fourth-order valence-electron chi connectivity index (χ4n) is 10.9. The maximum Gasteiger partial charge on any atom is 0.139 e. The van der Waals surface area contributed by atoms with Crippen LogP contribution in [0, 0.1) is 11.3 Å². The van der Waals surface area contributed by atoms with Crippen molar-refractivity contribution in [1.82, 2.24) is 23.3 Å². The smallest absolute Gasteiger partial charge is 0.139 e. The molecule has 5 aromatic heterocycles. The fraction of sp³-hybridized carbons (Fsp3) is 0. The van der Waals surface area contributed by atoms with Crippen LogP contribution < -0.4 is 0 Å². The van der Waals surface area contributed by atoms with E-state index in [1.165, 1.54) is 10.8 Å². The van der Waals surface area contributed by atoms with Crippen molar-refractivity contribution in [1.29, 1.82) is 5.26 Å². The summed E-state index contributed by atoms with van der Waals surface area (Å²) in [7, 11) is 0. The molecule has 0 unspecified atom stereocenters. The van der Waals surface area contributed by atoms with E-state index in [1.807, 2.05) is 6.20 Å². The van der Waals surface area contributed by atoms with Gasteiger partial charge in [0.2, 0.25) is 0 Å². The third-order valence-corrected chi connectivity index (χ3v) is 13.7. The largest absolute Gasteiger partial charge is 0.309 e. The lowest BCUT2D eigenvalue weighted by Gasteiger charge is -2.22. The highest BCUT2D eigenvalue weighted by Crippen LogP contribution is 2.44. The molecular formula is C60H36N6. The minimum Gasteiger partial charge on any atom is -0.309 e. The van der Waals surface area contributed by atoms with Gasteiger partial charge in [-0.3, -0.25) is 4.57 Å². The quantitative estimate of drug-likeness (QED) is 0.173. The summed E-state index contributed by atoms with van der Waals surface area (Å²) in [4.78, 5) is 5.44. The van der Waals surface area contributed by atoms with Crippen LogP contribution in [0.15, 0.2) is 219 Å². The molecule has 6 nitrogen and oxygen atoms in total. The van der Waals surface area contributed by atoms with Crippen LogP contribution in [0.25, 0.3) is 121 Å². The Morgan fingerprint density at radius 3 is 0.924 bits per heavy atom. The molecule has 0 aliphatic carbocycles. The highest BCUT2D eigenvalue weighted by molar-refractivity contribution is 6.13. The molecule has 0 amide bonds. The predicted octanol–water partition coefficient (Wildman–Crippen LogP) is 15.0. The van der Waals surface area contributed by atoms with Gasteiger partial charge in [0.05, 0.1) is 66.8 Å². The zero-order chi connectivity index (χ0) is 43.5. The average Bonchev–Trinajstić information content (AvgIpc) is 4.11. The zero-order valence-corrected chi connectivity index (χ0v) is 35.5. The second-order valence-corrected chi connectivity index (χ2v) is 17.0. The van der Waals surface area contributed by atoms with Crippen LogP contribution in [0.4, 0.5) is 0 Å². The summed E-state index contributed by atoms with van der Waals surface area (Å²) in [6.07, 6.45) is 2.03. The van der Waals surface area contributed by atoms with Gasteiger partial charge in [-0.15, -0.1) is 0 Å². The first-order valence-electron chi connectivity index (χ1n) is 22.3. The van der Waals surface area contributed by atoms with E-state index in [1.54, 1.807) is 0 Å². The number of fused-ring (bicyclic) bond motifs is 12. The van der Waals surface area contributed by atoms with Gasteiger partial charge in [0, 0.05) is 66.5 Å². The Labute approximate surface area is 378 Å². The summed E-state index contributed by atoms with van der Waals surface area (Å²) in [5.74, 6) is 0.800. The maximum atomic E-state index is 11.4. The Kier molecular flexibility index (Phi) is 7.65. The van der Waals surface area contributed by atoms with Crippen molar-refractivity contribution >= 4 is 87.2 Å². The van der Waals surface area contributed by atoms with Crippen molar-refractivity contribution in [3.8, 4) is 40.1 Å². The van der Waals surface area contributed by atoms with Gasteiger partial charge >= 0.3 is 0 Å². The highest BCUT2D eigenvalue weighted by Gasteiger charge is 2.26. The minimum absolute atomic E-state index is 0.556. The second-order valence-electron chi connectivity index (χ2n) is 17.0. The molecule has 0 aliphatic rings. The Morgan fingerprint density at radius 1 is 0.303 bits per heavy atom. The number of pyridine rings is 1. The van der Waals surface area contributed by atoms with Crippen LogP contribution in [0.3, 0.4) is 0 Å². The van der Waals surface area contributed by atoms with Gasteiger partial charge in [-0.25, -0.2) is 4.98 Å². The third kappa shape index (κ3) is 5.02. The highest BCUT2D eigenvalue weighted by atomic mass is 15.1. The molecular weight excluding hydrogens is 805 g/mol. The number of benzene rings is 9. The van der Waals surface area contributed by atoms with E-state index in [4.69, 9.17) is 4.98 Å². The van der Waals surface area contributed by atoms with Gasteiger partial charge in [0.1, 0.15) is 11.9 Å². The van der Waals surface area contributed by atoms with Crippen molar-refractivity contribution in [2.45, 2.75) is 0 Å². The molecule has 0 bridgehead atoms. The number of aromatic nitrogens is 5. The van der Waals surface area contributed by atoms with Gasteiger partial charge in [0.25, 0.3) is 0 Å². The van der Waals surface area contributed by atoms with Crippen molar-refractivity contribution in [3.63, 3.8) is 0 Å². The summed E-state index contributed by atoms with van der Waals surface area (Å²) in [6.45, 7) is 0. The zero-order valence-electron chi connectivity index (χ0n) is 35.5. The van der Waals surface area contributed by atoms with Crippen molar-refractivity contribution in [2.75, 3.05) is 0 Å². The SMILES string of the molecule is N#Cc1cc(-c2cnc(-n3c4ccccc4c4ccccc43)cc2-n2c3ccccc3c3ccccc32)c(-n2c3ccccc3c3ccccc32)cc1-n1c2ccccc2c2ccccc21. The van der Waals surface area contributed by atoms with Crippen LogP contribution in [-0.2, 0) is 0 Å². The topological polar surface area (TPSA) is 56.4 Å². The molecule has 0 saturated heterocycles. The minimum atomic E-state index is 0.556. The first kappa shape index (κ1) is 36.3. The number of rotatable bonds is 5. The summed E-state index contributed by atoms with van der Waals surface area (Å²) in [6, 6.07) is 78.0. The molecule has 14 rings (SSSR count). The lowest BCUT2D eigenvalue weighted by atomic mass is 9.98. The Hall–Kier alpha value is -9.18. The summed E-state index contributed by atoms with van der Waals surface area (Å²) >= 11 is 0. The number of nitrogens with zero attached hydrogens (tertiary/aromatic N) is 6. The molecule has 0 aliphatic heterocycles. The van der Waals surface area contributed by atoms with E-state index < -0.39 is 0 Å². The Balaban J connectivity index is 1.16. The average molecular weight is 841 g/mol. The summed E-state index contributed by atoms with van der Waals surface area (Å²) in [5.41, 5.74) is 13.6. The van der Waals surface area contributed by atoms with Crippen LogP contribution in [0.5, 0.6) is 0 Å². The molecule has 0 spiro atoms. The van der Waals surface area contributed by atoms with Gasteiger partial charge in [0.15, 0.2) is 0 Å². The van der Waals surface area contributed by atoms with E-state index in [-0.39, 0.29) is 0 Å². The van der Waals surface area contributed by atoms with Crippen LogP contribution in [0.1, 0.15) is 5.56 Å². The first-order valence-corrected chi connectivity index (χ1v) is 22.3. The standard InChI is InChI=1S/C60H36N6/c61-36-38-33-47(58(64-51-27-11-3-19-41(51)42-20-4-12-28-52(42)64)34-57(38)63-49-25-9-1-17-39(49)40-18-2-10-26-50(40)63)48-37-62-60(66-55-31-15-7-23-45(55)46-24-8-16-32-56(46)66)35-59(48)65-53-29-13-5-21-43(53)44-22-6-14-30-54(44)65/h1-35,37H. The number of hydrogen-bond acceptors (Lipinski definition) is 2. The van der Waals surface area contributed by atoms with E-state index in [0.29, 0.717) is 5.56 Å². The molecule has 0 N–H and O–H groups in total. The molecule has 0 atom stereocenters. The van der Waals surface area contributed by atoms with Crippen molar-refractivity contribution < 1.29 is 0 Å². The van der Waals surface area contributed by atoms with Crippen LogP contribution in [-0.4, -0.2) is 23.3 Å². The van der Waals surface area contributed by atoms with Crippen molar-refractivity contribution in [2.24, 2.45) is 0 Å². The molecule has 0 fully saturated rings. The van der Waals surface area contributed by atoms with E-state index in [0.717, 1.165) is 110 Å². The van der Waals surface area contributed by atoms with E-state index >= 15 is 0 Å². The second kappa shape index (κ2) is 13.9. The Bertz CT molecular complexity index is 4160. The van der Waals surface area contributed by atoms with Gasteiger partial charge in [-0.1, -0.05) is 146 Å². The monoisotopic (exact) mass is 840 g/mol. The fourth-order valence-corrected chi connectivity index (χ4v) is 10.9. The first-order chi connectivity index (χ1) is 32.7. The molecule has 9 aromatic carbocycles. The van der Waals surface area contributed by atoms with E-state index in [2.05, 4.69) is 237 Å². The molecule has 5 heterocycles. The molecule has 306 valence electrons. The lowest BCUT2D eigenvalue weighted by molar-refractivity contribution is 1.05. The van der Waals surface area contributed by atoms with Crippen molar-refractivity contribution in [3.05, 3.63) is 224 Å². The van der Waals surface area contributed by atoms with Crippen LogP contribution in [0.2, 0.25) is 0 Å². The predicted molar refractivity (Wildman–Crippen MR) is 272 cm³/mol. The lowest BCUT2D eigenvalue weighted by Crippen LogP contribution is -2.07. The molecule has 66 heavy (non-hydrogen) atoms. The van der Waals surface area contributed by atoms with Crippen LogP contribution >= 0.6 is 0 Å². The Morgan fingerprint density at radius 2 is 0.591 bits per heavy atom. The third-order valence-electron chi connectivity index (χ3n) is 13.7. The number of hydrogen-bond donors (Lipinski definition) is 0. The van der Waals surface area contributed by atoms with Gasteiger partial charge in [-0.2, -0.15) is 5.26 Å². The summed E-state index contributed by atoms with van der Waals surface area (Å²) in [5, 5.41) is 20.7. The molecule has 0 saturated carbocycles. The molecule has 6 heteroatoms.